The van der Waals surface area contributed by atoms with Crippen LogP contribution >= 0.6 is 22.7 Å². The number of nitrogens with zero attached hydrogens (tertiary/aromatic N) is 2. The molecule has 0 radical (unpaired) electrons. The lowest BCUT2D eigenvalue weighted by Crippen LogP contribution is -2.35. The van der Waals surface area contributed by atoms with Gasteiger partial charge in [-0.1, -0.05) is 29.8 Å². The van der Waals surface area contributed by atoms with E-state index in [2.05, 4.69) is 34.9 Å². The fraction of sp³-hybridized carbons (Fsp3) is 0.226. The summed E-state index contributed by atoms with van der Waals surface area (Å²) < 4.78 is 29.3. The fourth-order valence-electron chi connectivity index (χ4n) is 4.95. The van der Waals surface area contributed by atoms with Gasteiger partial charge in [-0.25, -0.2) is 13.4 Å². The van der Waals surface area contributed by atoms with Crippen molar-refractivity contribution >= 4 is 59.5 Å². The van der Waals surface area contributed by atoms with Gasteiger partial charge >= 0.3 is 0 Å². The number of hydrogen-bond donors (Lipinski definition) is 2. The molecule has 2 aromatic heterocycles. The Bertz CT molecular complexity index is 1810. The Morgan fingerprint density at radius 3 is 2.41 bits per heavy atom. The highest BCUT2D eigenvalue weighted by molar-refractivity contribution is 7.92. The molecular formula is C31H30N4O3S3. The van der Waals surface area contributed by atoms with Gasteiger partial charge in [0.05, 0.1) is 15.1 Å². The summed E-state index contributed by atoms with van der Waals surface area (Å²) in [5, 5.41) is 4.87. The van der Waals surface area contributed by atoms with Gasteiger partial charge in [0.1, 0.15) is 10.0 Å². The third-order valence-electron chi connectivity index (χ3n) is 7.28. The van der Waals surface area contributed by atoms with E-state index in [4.69, 9.17) is 4.98 Å². The number of thiophene rings is 1. The summed E-state index contributed by atoms with van der Waals surface area (Å²) in [5.74, 6) is -0.250. The minimum atomic E-state index is -3.73. The molecule has 1 aliphatic rings. The molecule has 3 aromatic carbocycles. The van der Waals surface area contributed by atoms with Crippen molar-refractivity contribution in [2.24, 2.45) is 0 Å². The SMILES string of the molecule is Cc1ccc(S(=O)(=O)Nc2ccc(C(=O)Nc3sc4c(c3-c3nc5ccccc5s3)CCN(C(C)C)C4)cc2)cc1. The number of thiazole rings is 1. The molecule has 0 aliphatic carbocycles. The first-order valence-corrected chi connectivity index (χ1v) is 16.5. The number of hydrogen-bond acceptors (Lipinski definition) is 7. The lowest BCUT2D eigenvalue weighted by atomic mass is 10.0. The third-order valence-corrected chi connectivity index (χ3v) is 10.9. The van der Waals surface area contributed by atoms with Crippen LogP contribution in [0.15, 0.2) is 77.7 Å². The maximum absolute atomic E-state index is 13.4. The van der Waals surface area contributed by atoms with E-state index in [0.29, 0.717) is 17.3 Å². The highest BCUT2D eigenvalue weighted by atomic mass is 32.2. The highest BCUT2D eigenvalue weighted by Gasteiger charge is 2.28. The van der Waals surface area contributed by atoms with E-state index in [1.807, 2.05) is 25.1 Å². The van der Waals surface area contributed by atoms with Gasteiger partial charge in [0.2, 0.25) is 0 Å². The Balaban J connectivity index is 1.27. The summed E-state index contributed by atoms with van der Waals surface area (Å²) in [4.78, 5) is 22.3. The van der Waals surface area contributed by atoms with Crippen molar-refractivity contribution in [1.82, 2.24) is 9.88 Å². The number of fused-ring (bicyclic) bond motifs is 2. The van der Waals surface area contributed by atoms with Gasteiger partial charge in [-0.15, -0.1) is 22.7 Å². The van der Waals surface area contributed by atoms with E-state index in [0.717, 1.165) is 50.9 Å². The van der Waals surface area contributed by atoms with Crippen molar-refractivity contribution in [3.8, 4) is 10.6 Å². The van der Waals surface area contributed by atoms with Crippen LogP contribution in [-0.2, 0) is 23.0 Å². The predicted octanol–water partition coefficient (Wildman–Crippen LogP) is 7.15. The first-order valence-electron chi connectivity index (χ1n) is 13.4. The molecule has 0 saturated carbocycles. The molecule has 3 heterocycles. The average molecular weight is 603 g/mol. The Labute approximate surface area is 247 Å². The number of nitrogens with one attached hydrogen (secondary N) is 2. The second kappa shape index (κ2) is 11.0. The van der Waals surface area contributed by atoms with E-state index < -0.39 is 10.0 Å². The number of carbonyl (C=O) groups is 1. The molecule has 41 heavy (non-hydrogen) atoms. The number of anilines is 2. The fourth-order valence-corrected chi connectivity index (χ4v) is 8.39. The lowest BCUT2D eigenvalue weighted by Gasteiger charge is -2.30. The smallest absolute Gasteiger partial charge is 0.261 e. The Morgan fingerprint density at radius 2 is 1.71 bits per heavy atom. The zero-order valence-corrected chi connectivity index (χ0v) is 25.4. The van der Waals surface area contributed by atoms with Crippen LogP contribution in [0.1, 0.15) is 40.2 Å². The van der Waals surface area contributed by atoms with Gasteiger partial charge in [-0.2, -0.15) is 0 Å². The number of benzene rings is 3. The van der Waals surface area contributed by atoms with Crippen LogP contribution in [0.5, 0.6) is 0 Å². The molecule has 0 saturated heterocycles. The largest absolute Gasteiger partial charge is 0.313 e. The summed E-state index contributed by atoms with van der Waals surface area (Å²) in [6.45, 7) is 8.13. The average Bonchev–Trinajstić information content (AvgIpc) is 3.53. The van der Waals surface area contributed by atoms with Gasteiger partial charge in [-0.05, 0) is 81.3 Å². The van der Waals surface area contributed by atoms with Gasteiger partial charge in [0.15, 0.2) is 0 Å². The molecule has 0 fully saturated rings. The Hall–Kier alpha value is -3.57. The molecule has 2 N–H and O–H groups in total. The molecule has 6 rings (SSSR count). The summed E-state index contributed by atoms with van der Waals surface area (Å²) >= 11 is 3.27. The molecule has 0 bridgehead atoms. The topological polar surface area (TPSA) is 91.4 Å². The molecular weight excluding hydrogens is 573 g/mol. The van der Waals surface area contributed by atoms with E-state index in [-0.39, 0.29) is 10.8 Å². The van der Waals surface area contributed by atoms with Crippen LogP contribution in [0.2, 0.25) is 0 Å². The molecule has 5 aromatic rings. The highest BCUT2D eigenvalue weighted by Crippen LogP contribution is 2.46. The Morgan fingerprint density at radius 1 is 0.976 bits per heavy atom. The van der Waals surface area contributed by atoms with Crippen molar-refractivity contribution in [2.75, 3.05) is 16.6 Å². The molecule has 1 aliphatic heterocycles. The zero-order valence-electron chi connectivity index (χ0n) is 23.0. The van der Waals surface area contributed by atoms with E-state index in [1.54, 1.807) is 71.2 Å². The van der Waals surface area contributed by atoms with Crippen molar-refractivity contribution in [3.63, 3.8) is 0 Å². The minimum Gasteiger partial charge on any atom is -0.313 e. The second-order valence-corrected chi connectivity index (χ2v) is 14.3. The maximum atomic E-state index is 13.4. The summed E-state index contributed by atoms with van der Waals surface area (Å²) in [7, 11) is -3.73. The summed E-state index contributed by atoms with van der Waals surface area (Å²) in [5.41, 5.74) is 5.04. The summed E-state index contributed by atoms with van der Waals surface area (Å²) in [6.07, 6.45) is 0.904. The second-order valence-electron chi connectivity index (χ2n) is 10.5. The zero-order chi connectivity index (χ0) is 28.7. The van der Waals surface area contributed by atoms with E-state index in [9.17, 15) is 13.2 Å². The molecule has 0 spiro atoms. The van der Waals surface area contributed by atoms with E-state index in [1.165, 1.54) is 10.4 Å². The standard InChI is InChI=1S/C31H30N4O3S3/c1-19(2)35-17-16-24-27(18-35)40-31(28(24)30-32-25-6-4-5-7-26(25)39-30)33-29(36)21-10-12-22(13-11-21)34-41(37,38)23-14-8-20(3)9-15-23/h4-15,19,34H,16-18H2,1-3H3,(H,33,36). The minimum absolute atomic E-state index is 0.185. The normalized spacial score (nSPS) is 13.9. The van der Waals surface area contributed by atoms with Gasteiger partial charge in [-0.3, -0.25) is 14.4 Å². The van der Waals surface area contributed by atoms with Gasteiger partial charge < -0.3 is 5.32 Å². The van der Waals surface area contributed by atoms with Gasteiger partial charge in [0.25, 0.3) is 15.9 Å². The molecule has 1 amide bonds. The third kappa shape index (κ3) is 5.65. The van der Waals surface area contributed by atoms with Crippen LogP contribution in [0.4, 0.5) is 10.7 Å². The quantitative estimate of drug-likeness (QED) is 0.206. The van der Waals surface area contributed by atoms with E-state index >= 15 is 0 Å². The molecule has 7 nitrogen and oxygen atoms in total. The molecule has 210 valence electrons. The number of para-hydroxylation sites is 1. The monoisotopic (exact) mass is 602 g/mol. The van der Waals surface area contributed by atoms with Gasteiger partial charge in [0, 0.05) is 40.8 Å². The number of aromatic nitrogens is 1. The van der Waals surface area contributed by atoms with Crippen molar-refractivity contribution in [1.29, 1.82) is 0 Å². The van der Waals surface area contributed by atoms with Crippen LogP contribution in [-0.4, -0.2) is 36.8 Å². The number of rotatable bonds is 7. The first-order chi connectivity index (χ1) is 19.7. The number of sulfonamides is 1. The van der Waals surface area contributed by atoms with Crippen LogP contribution < -0.4 is 10.0 Å². The van der Waals surface area contributed by atoms with Crippen LogP contribution in [0, 0.1) is 6.92 Å². The van der Waals surface area contributed by atoms with Crippen molar-refractivity contribution in [2.45, 2.75) is 44.7 Å². The summed E-state index contributed by atoms with van der Waals surface area (Å²) in [6, 6.07) is 21.7. The van der Waals surface area contributed by atoms with Crippen LogP contribution in [0.25, 0.3) is 20.8 Å². The predicted molar refractivity (Wildman–Crippen MR) is 169 cm³/mol. The molecule has 0 unspecified atom stereocenters. The van der Waals surface area contributed by atoms with Crippen molar-refractivity contribution in [3.05, 3.63) is 94.4 Å². The number of aryl methyl sites for hydroxylation is 1. The number of amides is 1. The molecule has 10 heteroatoms. The van der Waals surface area contributed by atoms with Crippen molar-refractivity contribution < 1.29 is 13.2 Å². The van der Waals surface area contributed by atoms with Crippen LogP contribution in [0.3, 0.4) is 0 Å². The number of carbonyl (C=O) groups excluding carboxylic acids is 1. The first kappa shape index (κ1) is 27.6. The lowest BCUT2D eigenvalue weighted by molar-refractivity contribution is 0.102. The maximum Gasteiger partial charge on any atom is 0.261 e. The molecule has 0 atom stereocenters. The Kier molecular flexibility index (Phi) is 7.41.